The average molecular weight is 282 g/mol. The SMILES string of the molecule is CC1CCC(CNC(=O)C2(C(N)=S)CCCCC2)C1. The van der Waals surface area contributed by atoms with Crippen LogP contribution < -0.4 is 11.1 Å². The molecule has 4 heteroatoms. The molecule has 3 N–H and O–H groups in total. The van der Waals surface area contributed by atoms with Gasteiger partial charge in [0, 0.05) is 6.54 Å². The fourth-order valence-corrected chi connectivity index (χ4v) is 3.95. The van der Waals surface area contributed by atoms with Gasteiger partial charge in [0.2, 0.25) is 5.91 Å². The topological polar surface area (TPSA) is 55.1 Å². The first-order valence-corrected chi connectivity index (χ1v) is 8.03. The molecule has 0 saturated heterocycles. The Balaban J connectivity index is 1.91. The third kappa shape index (κ3) is 3.28. The van der Waals surface area contributed by atoms with E-state index in [0.717, 1.165) is 38.1 Å². The number of carbonyl (C=O) groups is 1. The molecule has 0 aromatic rings. The van der Waals surface area contributed by atoms with Gasteiger partial charge < -0.3 is 11.1 Å². The van der Waals surface area contributed by atoms with Crippen molar-refractivity contribution < 1.29 is 4.79 Å². The number of thiocarbonyl (C=S) groups is 1. The van der Waals surface area contributed by atoms with E-state index in [1.807, 2.05) is 0 Å². The van der Waals surface area contributed by atoms with Crippen LogP contribution in [-0.2, 0) is 4.79 Å². The van der Waals surface area contributed by atoms with E-state index in [9.17, 15) is 4.79 Å². The number of nitrogens with two attached hydrogens (primary N) is 1. The molecule has 3 nitrogen and oxygen atoms in total. The third-order valence-electron chi connectivity index (χ3n) is 4.97. The summed E-state index contributed by atoms with van der Waals surface area (Å²) >= 11 is 5.19. The Hall–Kier alpha value is -0.640. The van der Waals surface area contributed by atoms with Crippen molar-refractivity contribution in [2.45, 2.75) is 58.3 Å². The Morgan fingerprint density at radius 1 is 1.32 bits per heavy atom. The molecule has 0 spiro atoms. The van der Waals surface area contributed by atoms with E-state index in [4.69, 9.17) is 18.0 Å². The minimum atomic E-state index is -0.558. The lowest BCUT2D eigenvalue weighted by Crippen LogP contribution is -2.50. The molecule has 19 heavy (non-hydrogen) atoms. The maximum atomic E-state index is 12.5. The van der Waals surface area contributed by atoms with E-state index in [1.54, 1.807) is 0 Å². The second-order valence-electron chi connectivity index (χ2n) is 6.50. The Labute approximate surface area is 121 Å². The van der Waals surface area contributed by atoms with E-state index in [-0.39, 0.29) is 5.91 Å². The molecule has 0 aromatic heterocycles. The number of carbonyl (C=O) groups excluding carboxylic acids is 1. The molecule has 0 heterocycles. The van der Waals surface area contributed by atoms with E-state index < -0.39 is 5.41 Å². The lowest BCUT2D eigenvalue weighted by atomic mass is 9.73. The average Bonchev–Trinajstić information content (AvgIpc) is 2.82. The summed E-state index contributed by atoms with van der Waals surface area (Å²) in [5.41, 5.74) is 5.32. The van der Waals surface area contributed by atoms with Crippen LogP contribution >= 0.6 is 12.2 Å². The summed E-state index contributed by atoms with van der Waals surface area (Å²) in [5, 5.41) is 3.13. The number of amides is 1. The molecule has 2 unspecified atom stereocenters. The lowest BCUT2D eigenvalue weighted by molar-refractivity contribution is -0.129. The predicted octanol–water partition coefficient (Wildman–Crippen LogP) is 2.78. The number of hydrogen-bond acceptors (Lipinski definition) is 2. The van der Waals surface area contributed by atoms with Crippen molar-refractivity contribution in [3.8, 4) is 0 Å². The van der Waals surface area contributed by atoms with Crippen LogP contribution in [0.25, 0.3) is 0 Å². The van der Waals surface area contributed by atoms with Gasteiger partial charge >= 0.3 is 0 Å². The van der Waals surface area contributed by atoms with E-state index >= 15 is 0 Å². The molecule has 0 aliphatic heterocycles. The summed E-state index contributed by atoms with van der Waals surface area (Å²) in [6.07, 6.45) is 8.74. The monoisotopic (exact) mass is 282 g/mol. The summed E-state index contributed by atoms with van der Waals surface area (Å²) in [4.78, 5) is 12.9. The second-order valence-corrected chi connectivity index (χ2v) is 6.94. The summed E-state index contributed by atoms with van der Waals surface area (Å²) in [7, 11) is 0. The van der Waals surface area contributed by atoms with Crippen LogP contribution in [0.1, 0.15) is 58.3 Å². The number of rotatable bonds is 4. The highest BCUT2D eigenvalue weighted by atomic mass is 32.1. The largest absolute Gasteiger partial charge is 0.392 e. The second kappa shape index (κ2) is 6.21. The number of nitrogens with one attached hydrogen (secondary N) is 1. The van der Waals surface area contributed by atoms with Crippen LogP contribution in [0.15, 0.2) is 0 Å². The van der Waals surface area contributed by atoms with Crippen molar-refractivity contribution in [3.05, 3.63) is 0 Å². The zero-order valence-electron chi connectivity index (χ0n) is 11.9. The molecule has 0 radical (unpaired) electrons. The van der Waals surface area contributed by atoms with Gasteiger partial charge in [0.25, 0.3) is 0 Å². The van der Waals surface area contributed by atoms with Crippen LogP contribution in [0, 0.1) is 17.3 Å². The quantitative estimate of drug-likeness (QED) is 0.780. The fraction of sp³-hybridized carbons (Fsp3) is 0.867. The summed E-state index contributed by atoms with van der Waals surface area (Å²) in [6.45, 7) is 3.09. The van der Waals surface area contributed by atoms with Crippen LogP contribution in [0.3, 0.4) is 0 Å². The van der Waals surface area contributed by atoms with Crippen molar-refractivity contribution in [3.63, 3.8) is 0 Å². The molecular formula is C15H26N2OS. The smallest absolute Gasteiger partial charge is 0.233 e. The van der Waals surface area contributed by atoms with Crippen LogP contribution in [0.5, 0.6) is 0 Å². The minimum absolute atomic E-state index is 0.0826. The van der Waals surface area contributed by atoms with Crippen molar-refractivity contribution >= 4 is 23.1 Å². The van der Waals surface area contributed by atoms with Gasteiger partial charge in [-0.25, -0.2) is 0 Å². The molecule has 1 amide bonds. The molecular weight excluding hydrogens is 256 g/mol. The van der Waals surface area contributed by atoms with Gasteiger partial charge in [0.1, 0.15) is 0 Å². The van der Waals surface area contributed by atoms with E-state index in [1.165, 1.54) is 25.7 Å². The molecule has 2 aliphatic carbocycles. The van der Waals surface area contributed by atoms with Crippen molar-refractivity contribution in [1.29, 1.82) is 0 Å². The highest BCUT2D eigenvalue weighted by molar-refractivity contribution is 7.80. The van der Waals surface area contributed by atoms with Crippen LogP contribution in [0.2, 0.25) is 0 Å². The first kappa shape index (κ1) is 14.8. The lowest BCUT2D eigenvalue weighted by Gasteiger charge is -2.35. The Kier molecular flexibility index (Phi) is 4.82. The Morgan fingerprint density at radius 2 is 2.00 bits per heavy atom. The van der Waals surface area contributed by atoms with Gasteiger partial charge in [-0.3, -0.25) is 4.79 Å². The maximum Gasteiger partial charge on any atom is 0.233 e. The highest BCUT2D eigenvalue weighted by Gasteiger charge is 2.42. The van der Waals surface area contributed by atoms with Crippen molar-refractivity contribution in [1.82, 2.24) is 5.32 Å². The zero-order chi connectivity index (χ0) is 13.9. The molecule has 0 aromatic carbocycles. The number of hydrogen-bond donors (Lipinski definition) is 2. The molecule has 2 atom stereocenters. The van der Waals surface area contributed by atoms with Crippen molar-refractivity contribution in [2.24, 2.45) is 23.0 Å². The van der Waals surface area contributed by atoms with Gasteiger partial charge in [-0.2, -0.15) is 0 Å². The maximum absolute atomic E-state index is 12.5. The van der Waals surface area contributed by atoms with Crippen molar-refractivity contribution in [2.75, 3.05) is 6.54 Å². The summed E-state index contributed by atoms with van der Waals surface area (Å²) in [6, 6.07) is 0. The van der Waals surface area contributed by atoms with Crippen LogP contribution in [0.4, 0.5) is 0 Å². The van der Waals surface area contributed by atoms with Gasteiger partial charge in [0.15, 0.2) is 0 Å². The van der Waals surface area contributed by atoms with Gasteiger partial charge in [-0.15, -0.1) is 0 Å². The molecule has 2 fully saturated rings. The molecule has 2 aliphatic rings. The fourth-order valence-electron chi connectivity index (χ4n) is 3.66. The highest BCUT2D eigenvalue weighted by Crippen LogP contribution is 2.37. The molecule has 2 saturated carbocycles. The van der Waals surface area contributed by atoms with E-state index in [2.05, 4.69) is 12.2 Å². The third-order valence-corrected chi connectivity index (χ3v) is 5.36. The minimum Gasteiger partial charge on any atom is -0.392 e. The van der Waals surface area contributed by atoms with Gasteiger partial charge in [-0.05, 0) is 37.5 Å². The standard InChI is InChI=1S/C15H26N2OS/c1-11-5-6-12(9-11)10-17-14(18)15(13(16)19)7-3-2-4-8-15/h11-12H,2-10H2,1H3,(H2,16,19)(H,17,18). The van der Waals surface area contributed by atoms with Gasteiger partial charge in [0.05, 0.1) is 10.4 Å². The van der Waals surface area contributed by atoms with Gasteiger partial charge in [-0.1, -0.05) is 44.8 Å². The summed E-state index contributed by atoms with van der Waals surface area (Å²) in [5.74, 6) is 1.53. The van der Waals surface area contributed by atoms with Crippen LogP contribution in [-0.4, -0.2) is 17.4 Å². The Bertz CT molecular complexity index is 350. The summed E-state index contributed by atoms with van der Waals surface area (Å²) < 4.78 is 0. The normalized spacial score (nSPS) is 29.9. The zero-order valence-corrected chi connectivity index (χ0v) is 12.7. The molecule has 108 valence electrons. The molecule has 0 bridgehead atoms. The predicted molar refractivity (Wildman–Crippen MR) is 81.8 cm³/mol. The first-order valence-electron chi connectivity index (χ1n) is 7.63. The molecule has 2 rings (SSSR count). The first-order chi connectivity index (χ1) is 9.04. The van der Waals surface area contributed by atoms with E-state index in [0.29, 0.717) is 10.9 Å². The Morgan fingerprint density at radius 3 is 2.53 bits per heavy atom.